The van der Waals surface area contributed by atoms with Gasteiger partial charge < -0.3 is 5.32 Å². The monoisotopic (exact) mass is 462 g/mol. The number of thioether (sulfide) groups is 1. The molecule has 2 N–H and O–H groups in total. The van der Waals surface area contributed by atoms with Gasteiger partial charge in [-0.05, 0) is 37.3 Å². The van der Waals surface area contributed by atoms with Crippen LogP contribution >= 0.6 is 39.0 Å². The van der Waals surface area contributed by atoms with E-state index in [2.05, 4.69) is 36.8 Å². The molecule has 0 atom stereocenters. The summed E-state index contributed by atoms with van der Waals surface area (Å²) in [4.78, 5) is 24.2. The number of halogens is 1. The molecule has 0 spiro atoms. The highest BCUT2D eigenvalue weighted by molar-refractivity contribution is 9.10. The van der Waals surface area contributed by atoms with E-state index in [1.165, 1.54) is 23.1 Å². The van der Waals surface area contributed by atoms with Crippen LogP contribution in [0.25, 0.3) is 0 Å². The highest BCUT2D eigenvalue weighted by Gasteiger charge is 2.12. The fourth-order valence-corrected chi connectivity index (χ4v) is 4.03. The zero-order chi connectivity index (χ0) is 19.2. The van der Waals surface area contributed by atoms with Crippen molar-refractivity contribution in [3.05, 3.63) is 64.1 Å². The Bertz CT molecular complexity index is 960. The average molecular weight is 463 g/mol. The summed E-state index contributed by atoms with van der Waals surface area (Å²) in [6.07, 6.45) is 0. The maximum absolute atomic E-state index is 12.2. The van der Waals surface area contributed by atoms with Gasteiger partial charge in [0.05, 0.1) is 5.75 Å². The molecule has 0 aliphatic heterocycles. The molecule has 0 saturated heterocycles. The van der Waals surface area contributed by atoms with Crippen LogP contribution in [-0.4, -0.2) is 27.8 Å². The summed E-state index contributed by atoms with van der Waals surface area (Å²) in [6, 6.07) is 14.7. The molecule has 2 amide bonds. The van der Waals surface area contributed by atoms with Gasteiger partial charge in [-0.25, -0.2) is 0 Å². The van der Waals surface area contributed by atoms with Gasteiger partial charge in [-0.1, -0.05) is 62.8 Å². The van der Waals surface area contributed by atoms with E-state index in [4.69, 9.17) is 0 Å². The van der Waals surface area contributed by atoms with E-state index in [9.17, 15) is 9.59 Å². The van der Waals surface area contributed by atoms with Crippen molar-refractivity contribution in [2.45, 2.75) is 11.3 Å². The van der Waals surface area contributed by atoms with Crippen LogP contribution < -0.4 is 10.6 Å². The van der Waals surface area contributed by atoms with Crippen molar-refractivity contribution in [2.75, 3.05) is 16.4 Å². The highest BCUT2D eigenvalue weighted by atomic mass is 79.9. The van der Waals surface area contributed by atoms with Gasteiger partial charge in [0, 0.05) is 15.7 Å². The van der Waals surface area contributed by atoms with Gasteiger partial charge in [-0.2, -0.15) is 0 Å². The van der Waals surface area contributed by atoms with E-state index >= 15 is 0 Å². The number of anilines is 2. The first kappa shape index (κ1) is 19.5. The van der Waals surface area contributed by atoms with Crippen molar-refractivity contribution in [2.24, 2.45) is 0 Å². The molecule has 0 aliphatic carbocycles. The summed E-state index contributed by atoms with van der Waals surface area (Å²) in [5.41, 5.74) is 2.41. The van der Waals surface area contributed by atoms with Crippen molar-refractivity contribution in [3.8, 4) is 0 Å². The Morgan fingerprint density at radius 2 is 1.89 bits per heavy atom. The predicted octanol–water partition coefficient (Wildman–Crippen LogP) is 4.59. The fourth-order valence-electron chi connectivity index (χ4n) is 2.08. The number of amides is 2. The van der Waals surface area contributed by atoms with Gasteiger partial charge in [0.2, 0.25) is 11.0 Å². The summed E-state index contributed by atoms with van der Waals surface area (Å²) in [5.74, 6) is -0.179. The molecule has 138 valence electrons. The number of aryl methyl sites for hydroxylation is 1. The number of carbonyl (C=O) groups excluding carboxylic acids is 2. The van der Waals surface area contributed by atoms with Crippen molar-refractivity contribution in [1.29, 1.82) is 0 Å². The van der Waals surface area contributed by atoms with Crippen molar-refractivity contribution in [3.63, 3.8) is 0 Å². The van der Waals surface area contributed by atoms with Crippen LogP contribution in [0.2, 0.25) is 0 Å². The fraction of sp³-hybridized carbons (Fsp3) is 0.111. The first-order chi connectivity index (χ1) is 13.0. The molecule has 0 unspecified atom stereocenters. The maximum Gasteiger partial charge on any atom is 0.257 e. The average Bonchev–Trinajstić information content (AvgIpc) is 3.09. The van der Waals surface area contributed by atoms with Gasteiger partial charge >= 0.3 is 0 Å². The molecule has 9 heteroatoms. The van der Waals surface area contributed by atoms with E-state index in [-0.39, 0.29) is 17.6 Å². The Morgan fingerprint density at radius 3 is 2.63 bits per heavy atom. The van der Waals surface area contributed by atoms with Crippen LogP contribution in [0.3, 0.4) is 0 Å². The topological polar surface area (TPSA) is 84.0 Å². The minimum atomic E-state index is -0.263. The summed E-state index contributed by atoms with van der Waals surface area (Å²) in [7, 11) is 0. The molecule has 0 fully saturated rings. The largest absolute Gasteiger partial charge is 0.325 e. The van der Waals surface area contributed by atoms with Crippen LogP contribution in [0, 0.1) is 6.92 Å². The lowest BCUT2D eigenvalue weighted by Gasteiger charge is -2.04. The minimum absolute atomic E-state index is 0.126. The lowest BCUT2D eigenvalue weighted by Crippen LogP contribution is -2.13. The summed E-state index contributed by atoms with van der Waals surface area (Å²) >= 11 is 5.83. The lowest BCUT2D eigenvalue weighted by molar-refractivity contribution is -0.113. The summed E-state index contributed by atoms with van der Waals surface area (Å²) in [5, 5.41) is 13.9. The first-order valence-electron chi connectivity index (χ1n) is 7.89. The van der Waals surface area contributed by atoms with Crippen LogP contribution in [-0.2, 0) is 4.79 Å². The zero-order valence-corrected chi connectivity index (χ0v) is 17.5. The van der Waals surface area contributed by atoms with E-state index in [1.807, 2.05) is 37.3 Å². The van der Waals surface area contributed by atoms with Crippen LogP contribution in [0.5, 0.6) is 0 Å². The number of carbonyl (C=O) groups is 2. The highest BCUT2D eigenvalue weighted by Crippen LogP contribution is 2.26. The van der Waals surface area contributed by atoms with Crippen molar-refractivity contribution >= 4 is 61.7 Å². The molecule has 0 aliphatic rings. The third-order valence-corrected chi connectivity index (χ3v) is 5.84. The Morgan fingerprint density at radius 1 is 1.11 bits per heavy atom. The van der Waals surface area contributed by atoms with Crippen LogP contribution in [0.4, 0.5) is 10.8 Å². The van der Waals surface area contributed by atoms with Gasteiger partial charge in [0.25, 0.3) is 5.91 Å². The quantitative estimate of drug-likeness (QED) is 0.413. The Balaban J connectivity index is 1.51. The number of benzene rings is 2. The maximum atomic E-state index is 12.2. The summed E-state index contributed by atoms with van der Waals surface area (Å²) < 4.78 is 1.43. The molecule has 0 saturated carbocycles. The molecule has 3 rings (SSSR count). The number of aromatic nitrogens is 2. The van der Waals surface area contributed by atoms with E-state index in [0.717, 1.165) is 15.7 Å². The standard InChI is InChI=1S/C18H15BrN4O2S2/c1-11-5-7-14(8-6-11)20-15(24)10-26-18-23-22-17(27-18)21-16(25)12-3-2-4-13(19)9-12/h2-9H,10H2,1H3,(H,20,24)(H,21,22,25). The molecule has 0 radical (unpaired) electrons. The molecular weight excluding hydrogens is 448 g/mol. The van der Waals surface area contributed by atoms with E-state index in [1.54, 1.807) is 18.2 Å². The SMILES string of the molecule is Cc1ccc(NC(=O)CSc2nnc(NC(=O)c3cccc(Br)c3)s2)cc1. The molecule has 0 bridgehead atoms. The second-order valence-electron chi connectivity index (χ2n) is 5.54. The van der Waals surface area contributed by atoms with Gasteiger partial charge in [-0.15, -0.1) is 10.2 Å². The van der Waals surface area contributed by atoms with Gasteiger partial charge in [0.15, 0.2) is 4.34 Å². The van der Waals surface area contributed by atoms with E-state index < -0.39 is 0 Å². The normalized spacial score (nSPS) is 10.4. The number of hydrogen-bond donors (Lipinski definition) is 2. The number of nitrogens with zero attached hydrogens (tertiary/aromatic N) is 2. The third-order valence-electron chi connectivity index (χ3n) is 3.38. The molecular formula is C18H15BrN4O2S2. The smallest absolute Gasteiger partial charge is 0.257 e. The first-order valence-corrected chi connectivity index (χ1v) is 10.5. The predicted molar refractivity (Wildman–Crippen MR) is 113 cm³/mol. The Kier molecular flexibility index (Phi) is 6.59. The van der Waals surface area contributed by atoms with Crippen molar-refractivity contribution in [1.82, 2.24) is 10.2 Å². The molecule has 3 aromatic rings. The Hall–Kier alpha value is -2.23. The lowest BCUT2D eigenvalue weighted by atomic mass is 10.2. The zero-order valence-electron chi connectivity index (χ0n) is 14.2. The van der Waals surface area contributed by atoms with Gasteiger partial charge in [0.1, 0.15) is 0 Å². The Labute approximate surface area is 172 Å². The van der Waals surface area contributed by atoms with Crippen molar-refractivity contribution < 1.29 is 9.59 Å². The van der Waals surface area contributed by atoms with E-state index in [0.29, 0.717) is 15.0 Å². The minimum Gasteiger partial charge on any atom is -0.325 e. The molecule has 2 aromatic carbocycles. The summed E-state index contributed by atoms with van der Waals surface area (Å²) in [6.45, 7) is 1.99. The second kappa shape index (κ2) is 9.12. The van der Waals surface area contributed by atoms with Gasteiger partial charge in [-0.3, -0.25) is 14.9 Å². The number of rotatable bonds is 6. The number of hydrogen-bond acceptors (Lipinski definition) is 6. The molecule has 6 nitrogen and oxygen atoms in total. The molecule has 27 heavy (non-hydrogen) atoms. The third kappa shape index (κ3) is 5.88. The molecule has 1 aromatic heterocycles. The number of nitrogens with one attached hydrogen (secondary N) is 2. The second-order valence-corrected chi connectivity index (χ2v) is 8.66. The van der Waals surface area contributed by atoms with Crippen LogP contribution in [0.1, 0.15) is 15.9 Å². The molecule has 1 heterocycles. The van der Waals surface area contributed by atoms with Crippen LogP contribution in [0.15, 0.2) is 57.3 Å².